The Balaban J connectivity index is 1.33. The lowest BCUT2D eigenvalue weighted by atomic mass is 10.2. The molecule has 250 valence electrons. The third kappa shape index (κ3) is 16.7. The Hall–Kier alpha value is -3.85. The molecule has 0 saturated heterocycles. The maximum Gasteiger partial charge on any atom is 0.253 e. The minimum absolute atomic E-state index is 0.0379. The zero-order valence-electron chi connectivity index (χ0n) is 26.4. The summed E-state index contributed by atoms with van der Waals surface area (Å²) in [5.41, 5.74) is 2.16. The van der Waals surface area contributed by atoms with E-state index in [0.29, 0.717) is 59.3 Å². The summed E-state index contributed by atoms with van der Waals surface area (Å²) in [4.78, 5) is 60.2. The first-order chi connectivity index (χ1) is 21.7. The Labute approximate surface area is 264 Å². The summed E-state index contributed by atoms with van der Waals surface area (Å²) in [6, 6.07) is 7.22. The van der Waals surface area contributed by atoms with Crippen LogP contribution in [-0.2, 0) is 42.9 Å². The van der Waals surface area contributed by atoms with E-state index in [1.807, 2.05) is 38.1 Å². The highest BCUT2D eigenvalue weighted by molar-refractivity contribution is 6.13. The van der Waals surface area contributed by atoms with E-state index in [9.17, 15) is 24.0 Å². The zero-order chi connectivity index (χ0) is 32.9. The summed E-state index contributed by atoms with van der Waals surface area (Å²) in [5.74, 6) is -1.61. The fourth-order valence-electron chi connectivity index (χ4n) is 3.88. The van der Waals surface area contributed by atoms with Crippen molar-refractivity contribution in [2.45, 2.75) is 45.7 Å². The van der Waals surface area contributed by atoms with Crippen molar-refractivity contribution in [3.8, 4) is 0 Å². The van der Waals surface area contributed by atoms with Crippen LogP contribution in [0.25, 0.3) is 0 Å². The maximum absolute atomic E-state index is 12.4. The van der Waals surface area contributed by atoms with Crippen molar-refractivity contribution in [3.05, 3.63) is 42.0 Å². The summed E-state index contributed by atoms with van der Waals surface area (Å²) < 4.78 is 21.6. The molecule has 2 rings (SSSR count). The number of ether oxygens (including phenoxy) is 4. The summed E-state index contributed by atoms with van der Waals surface area (Å²) >= 11 is 0. The predicted molar refractivity (Wildman–Crippen MR) is 166 cm³/mol. The molecule has 1 aliphatic rings. The van der Waals surface area contributed by atoms with Crippen LogP contribution in [0.4, 0.5) is 5.69 Å². The van der Waals surface area contributed by atoms with Gasteiger partial charge in [0.05, 0.1) is 52.9 Å². The number of carbonyl (C=O) groups is 5. The summed E-state index contributed by atoms with van der Waals surface area (Å²) in [6.45, 7) is 9.16. The quantitative estimate of drug-likeness (QED) is 0.0916. The molecule has 4 N–H and O–H groups in total. The number of imide groups is 1. The SMILES string of the molecule is Cc1ccc(NC[C@H](C)NC(=O)[C@H](C)NC(=O)CCOCCOCCOCCOCCNC(=O)CCN2C(=O)C=CC2=O)cc1. The van der Waals surface area contributed by atoms with Crippen LogP contribution in [0.5, 0.6) is 0 Å². The minimum Gasteiger partial charge on any atom is -0.383 e. The second-order valence-electron chi connectivity index (χ2n) is 10.4. The lowest BCUT2D eigenvalue weighted by Gasteiger charge is -2.19. The number of hydrogen-bond donors (Lipinski definition) is 4. The van der Waals surface area contributed by atoms with Gasteiger partial charge in [-0.25, -0.2) is 0 Å². The fourth-order valence-corrected chi connectivity index (χ4v) is 3.88. The van der Waals surface area contributed by atoms with Crippen LogP contribution < -0.4 is 21.3 Å². The number of carbonyl (C=O) groups excluding carboxylic acids is 5. The largest absolute Gasteiger partial charge is 0.383 e. The van der Waals surface area contributed by atoms with Crippen molar-refractivity contribution in [3.63, 3.8) is 0 Å². The van der Waals surface area contributed by atoms with Gasteiger partial charge in [0, 0.05) is 56.4 Å². The predicted octanol–water partition coefficient (Wildman–Crippen LogP) is 0.304. The highest BCUT2D eigenvalue weighted by Crippen LogP contribution is 2.08. The Bertz CT molecular complexity index is 1100. The van der Waals surface area contributed by atoms with Gasteiger partial charge in [-0.05, 0) is 32.9 Å². The molecule has 5 amide bonds. The van der Waals surface area contributed by atoms with Crippen LogP contribution in [0, 0.1) is 6.92 Å². The molecule has 0 bridgehead atoms. The van der Waals surface area contributed by atoms with E-state index in [0.717, 1.165) is 10.6 Å². The van der Waals surface area contributed by atoms with E-state index in [1.165, 1.54) is 17.7 Å². The van der Waals surface area contributed by atoms with Crippen molar-refractivity contribution < 1.29 is 42.9 Å². The topological polar surface area (TPSA) is 174 Å². The number of nitrogens with one attached hydrogen (secondary N) is 4. The third-order valence-electron chi connectivity index (χ3n) is 6.44. The molecule has 0 radical (unpaired) electrons. The highest BCUT2D eigenvalue weighted by Gasteiger charge is 2.23. The normalized spacial score (nSPS) is 13.9. The number of aryl methyl sites for hydroxylation is 1. The first-order valence-corrected chi connectivity index (χ1v) is 15.2. The van der Waals surface area contributed by atoms with Crippen molar-refractivity contribution >= 4 is 35.2 Å². The Morgan fingerprint density at radius 2 is 1.29 bits per heavy atom. The summed E-state index contributed by atoms with van der Waals surface area (Å²) in [7, 11) is 0. The maximum atomic E-state index is 12.4. The van der Waals surface area contributed by atoms with E-state index in [2.05, 4.69) is 21.3 Å². The molecule has 14 nitrogen and oxygen atoms in total. The molecule has 1 heterocycles. The van der Waals surface area contributed by atoms with E-state index in [-0.39, 0.29) is 49.8 Å². The Morgan fingerprint density at radius 3 is 1.89 bits per heavy atom. The molecule has 1 aromatic carbocycles. The van der Waals surface area contributed by atoms with E-state index in [1.54, 1.807) is 6.92 Å². The number of anilines is 1. The number of amides is 5. The molecular weight excluding hydrogens is 586 g/mol. The molecule has 0 fully saturated rings. The van der Waals surface area contributed by atoms with E-state index < -0.39 is 17.9 Å². The standard InChI is InChI=1S/C31H47N5O9/c1-23-4-6-26(7-5-23)33-22-24(2)34-31(41)25(3)35-28(38)11-14-42-16-18-44-20-21-45-19-17-43-15-12-32-27(37)10-13-36-29(39)8-9-30(36)40/h4-9,24-25,33H,10-22H2,1-3H3,(H,32,37)(H,34,41)(H,35,38)/t24-,25-/m0/s1. The first-order valence-electron chi connectivity index (χ1n) is 15.2. The number of rotatable bonds is 24. The molecule has 2 atom stereocenters. The molecule has 0 spiro atoms. The van der Waals surface area contributed by atoms with Gasteiger partial charge in [0.1, 0.15) is 6.04 Å². The van der Waals surface area contributed by atoms with Gasteiger partial charge in [-0.3, -0.25) is 28.9 Å². The van der Waals surface area contributed by atoms with Crippen LogP contribution in [0.2, 0.25) is 0 Å². The van der Waals surface area contributed by atoms with Crippen LogP contribution in [0.1, 0.15) is 32.3 Å². The number of benzene rings is 1. The van der Waals surface area contributed by atoms with Crippen molar-refractivity contribution in [1.29, 1.82) is 0 Å². The average molecular weight is 634 g/mol. The van der Waals surface area contributed by atoms with Gasteiger partial charge in [0.25, 0.3) is 11.8 Å². The lowest BCUT2D eigenvalue weighted by molar-refractivity contribution is -0.137. The van der Waals surface area contributed by atoms with Crippen LogP contribution in [-0.4, -0.2) is 119 Å². The van der Waals surface area contributed by atoms with E-state index in [4.69, 9.17) is 18.9 Å². The number of hydrogen-bond acceptors (Lipinski definition) is 10. The van der Waals surface area contributed by atoms with Gasteiger partial charge in [0.15, 0.2) is 0 Å². The zero-order valence-corrected chi connectivity index (χ0v) is 26.4. The summed E-state index contributed by atoms with van der Waals surface area (Å²) in [6.07, 6.45) is 2.54. The number of nitrogens with zero attached hydrogens (tertiary/aromatic N) is 1. The van der Waals surface area contributed by atoms with Gasteiger partial charge < -0.3 is 40.2 Å². The molecule has 0 aromatic heterocycles. The van der Waals surface area contributed by atoms with Gasteiger partial charge in [0.2, 0.25) is 17.7 Å². The molecule has 0 unspecified atom stereocenters. The second kappa shape index (κ2) is 21.8. The molecule has 1 aromatic rings. The Kier molecular flexibility index (Phi) is 18.1. The minimum atomic E-state index is -0.662. The average Bonchev–Trinajstić information content (AvgIpc) is 3.33. The smallest absolute Gasteiger partial charge is 0.253 e. The van der Waals surface area contributed by atoms with Gasteiger partial charge in [-0.2, -0.15) is 0 Å². The molecule has 0 aliphatic carbocycles. The molecule has 14 heteroatoms. The molecular formula is C31H47N5O9. The van der Waals surface area contributed by atoms with Gasteiger partial charge in [-0.15, -0.1) is 0 Å². The van der Waals surface area contributed by atoms with Crippen LogP contribution >= 0.6 is 0 Å². The van der Waals surface area contributed by atoms with Crippen LogP contribution in [0.15, 0.2) is 36.4 Å². The second-order valence-corrected chi connectivity index (χ2v) is 10.4. The molecule has 1 aliphatic heterocycles. The Morgan fingerprint density at radius 1 is 0.733 bits per heavy atom. The fraction of sp³-hybridized carbons (Fsp3) is 0.581. The highest BCUT2D eigenvalue weighted by atomic mass is 16.6. The first kappa shape index (κ1) is 37.3. The van der Waals surface area contributed by atoms with Gasteiger partial charge >= 0.3 is 0 Å². The van der Waals surface area contributed by atoms with E-state index >= 15 is 0 Å². The monoisotopic (exact) mass is 633 g/mol. The molecule has 0 saturated carbocycles. The van der Waals surface area contributed by atoms with Crippen molar-refractivity contribution in [1.82, 2.24) is 20.9 Å². The van der Waals surface area contributed by atoms with Crippen LogP contribution in [0.3, 0.4) is 0 Å². The summed E-state index contributed by atoms with van der Waals surface area (Å²) in [5, 5.41) is 11.5. The van der Waals surface area contributed by atoms with Gasteiger partial charge in [-0.1, -0.05) is 17.7 Å². The third-order valence-corrected chi connectivity index (χ3v) is 6.44. The van der Waals surface area contributed by atoms with Crippen molar-refractivity contribution in [2.24, 2.45) is 0 Å². The van der Waals surface area contributed by atoms with Crippen molar-refractivity contribution in [2.75, 3.05) is 77.8 Å². The lowest BCUT2D eigenvalue weighted by Crippen LogP contribution is -2.49. The molecule has 45 heavy (non-hydrogen) atoms.